The van der Waals surface area contributed by atoms with Crippen molar-refractivity contribution in [3.05, 3.63) is 51.7 Å². The molecular formula is C18H19FN2O3S. The highest BCUT2D eigenvalue weighted by Crippen LogP contribution is 2.40. The third kappa shape index (κ3) is 3.71. The van der Waals surface area contributed by atoms with E-state index in [0.717, 1.165) is 19.3 Å². The number of carbonyl (C=O) groups excluding carboxylic acids is 1. The zero-order valence-corrected chi connectivity index (χ0v) is 14.4. The number of nitrogens with one attached hydrogen (secondary N) is 1. The van der Waals surface area contributed by atoms with E-state index >= 15 is 0 Å². The van der Waals surface area contributed by atoms with E-state index < -0.39 is 11.4 Å². The van der Waals surface area contributed by atoms with Crippen LogP contribution in [0.4, 0.5) is 4.39 Å². The lowest BCUT2D eigenvalue weighted by atomic mass is 9.68. The summed E-state index contributed by atoms with van der Waals surface area (Å²) in [4.78, 5) is 27.8. The fourth-order valence-electron chi connectivity index (χ4n) is 3.40. The smallest absolute Gasteiger partial charge is 0.355 e. The van der Waals surface area contributed by atoms with Crippen molar-refractivity contribution in [3.8, 4) is 0 Å². The van der Waals surface area contributed by atoms with Crippen LogP contribution in [0.1, 0.15) is 53.2 Å². The van der Waals surface area contributed by atoms with Gasteiger partial charge in [-0.15, -0.1) is 11.3 Å². The van der Waals surface area contributed by atoms with Crippen LogP contribution in [0, 0.1) is 5.82 Å². The Kier molecular flexibility index (Phi) is 5.13. The zero-order chi connectivity index (χ0) is 17.9. The van der Waals surface area contributed by atoms with Crippen molar-refractivity contribution in [2.24, 2.45) is 0 Å². The van der Waals surface area contributed by atoms with Crippen molar-refractivity contribution in [2.45, 2.75) is 44.1 Å². The number of hydrogen-bond donors (Lipinski definition) is 2. The minimum absolute atomic E-state index is 0.0215. The molecule has 1 fully saturated rings. The molecule has 1 aromatic carbocycles. The highest BCUT2D eigenvalue weighted by atomic mass is 32.1. The SMILES string of the molecule is O=C(O)c1csc(CNC(=O)C2(c3cccc(F)c3)CCCCC2)n1. The summed E-state index contributed by atoms with van der Waals surface area (Å²) in [5.74, 6) is -1.58. The van der Waals surface area contributed by atoms with Crippen LogP contribution in [-0.2, 0) is 16.8 Å². The van der Waals surface area contributed by atoms with Gasteiger partial charge in [0.05, 0.1) is 12.0 Å². The summed E-state index contributed by atoms with van der Waals surface area (Å²) >= 11 is 1.20. The third-order valence-corrected chi connectivity index (χ3v) is 5.54. The number of aromatic carboxylic acids is 1. The molecule has 0 saturated heterocycles. The lowest BCUT2D eigenvalue weighted by Crippen LogP contribution is -2.45. The summed E-state index contributed by atoms with van der Waals surface area (Å²) in [6.07, 6.45) is 4.27. The van der Waals surface area contributed by atoms with Crippen molar-refractivity contribution >= 4 is 23.2 Å². The van der Waals surface area contributed by atoms with Gasteiger partial charge in [0, 0.05) is 5.38 Å². The Morgan fingerprint density at radius 2 is 2.04 bits per heavy atom. The quantitative estimate of drug-likeness (QED) is 0.853. The minimum atomic E-state index is -1.09. The first kappa shape index (κ1) is 17.5. The Morgan fingerprint density at radius 3 is 2.68 bits per heavy atom. The maximum Gasteiger partial charge on any atom is 0.355 e. The van der Waals surface area contributed by atoms with Gasteiger partial charge in [0.25, 0.3) is 0 Å². The maximum absolute atomic E-state index is 13.7. The predicted octanol–water partition coefficient (Wildman–Crippen LogP) is 3.50. The molecule has 7 heteroatoms. The van der Waals surface area contributed by atoms with Crippen LogP contribution >= 0.6 is 11.3 Å². The number of thiazole rings is 1. The molecule has 1 saturated carbocycles. The standard InChI is InChI=1S/C18H19FN2O3S/c19-13-6-4-5-12(9-13)18(7-2-1-3-8-18)17(24)20-10-15-21-14(11-25-15)16(22)23/h4-6,9,11H,1-3,7-8,10H2,(H,20,24)(H,22,23). The molecule has 0 unspecified atom stereocenters. The number of rotatable bonds is 5. The Morgan fingerprint density at radius 1 is 1.28 bits per heavy atom. The topological polar surface area (TPSA) is 79.3 Å². The normalized spacial score (nSPS) is 16.4. The van der Waals surface area contributed by atoms with E-state index in [0.29, 0.717) is 23.4 Å². The summed E-state index contributed by atoms with van der Waals surface area (Å²) in [6, 6.07) is 6.26. The van der Waals surface area contributed by atoms with Gasteiger partial charge in [-0.1, -0.05) is 31.4 Å². The first-order valence-corrected chi connectivity index (χ1v) is 9.11. The molecule has 0 radical (unpaired) electrons. The Balaban J connectivity index is 1.78. The minimum Gasteiger partial charge on any atom is -0.476 e. The van der Waals surface area contributed by atoms with Crippen LogP contribution in [0.5, 0.6) is 0 Å². The van der Waals surface area contributed by atoms with Gasteiger partial charge in [-0.3, -0.25) is 4.79 Å². The van der Waals surface area contributed by atoms with Gasteiger partial charge in [0.2, 0.25) is 5.91 Å². The molecule has 0 aliphatic heterocycles. The molecule has 1 amide bonds. The number of carboxylic acid groups (broad SMARTS) is 1. The fourth-order valence-corrected chi connectivity index (χ4v) is 4.11. The van der Waals surface area contributed by atoms with E-state index in [1.165, 1.54) is 28.8 Å². The van der Waals surface area contributed by atoms with Crippen molar-refractivity contribution in [3.63, 3.8) is 0 Å². The van der Waals surface area contributed by atoms with Crippen molar-refractivity contribution in [1.29, 1.82) is 0 Å². The van der Waals surface area contributed by atoms with Crippen LogP contribution in [0.25, 0.3) is 0 Å². The van der Waals surface area contributed by atoms with Crippen molar-refractivity contribution < 1.29 is 19.1 Å². The number of halogens is 1. The molecule has 3 rings (SSSR count). The lowest BCUT2D eigenvalue weighted by Gasteiger charge is -2.36. The molecule has 0 atom stereocenters. The van der Waals surface area contributed by atoms with Gasteiger partial charge in [-0.2, -0.15) is 0 Å². The molecule has 1 aliphatic carbocycles. The molecule has 132 valence electrons. The first-order valence-electron chi connectivity index (χ1n) is 8.23. The van der Waals surface area contributed by atoms with Crippen molar-refractivity contribution in [1.82, 2.24) is 10.3 Å². The van der Waals surface area contributed by atoms with Crippen LogP contribution in [0.15, 0.2) is 29.6 Å². The van der Waals surface area contributed by atoms with Gasteiger partial charge >= 0.3 is 5.97 Å². The number of carboxylic acids is 1. The number of aromatic nitrogens is 1. The van der Waals surface area contributed by atoms with E-state index in [9.17, 15) is 14.0 Å². The van der Waals surface area contributed by atoms with E-state index in [4.69, 9.17) is 5.11 Å². The highest BCUT2D eigenvalue weighted by Gasteiger charge is 2.41. The summed E-state index contributed by atoms with van der Waals surface area (Å²) in [6.45, 7) is 0.174. The molecule has 1 heterocycles. The monoisotopic (exact) mass is 362 g/mol. The van der Waals surface area contributed by atoms with Crippen LogP contribution in [0.2, 0.25) is 0 Å². The zero-order valence-electron chi connectivity index (χ0n) is 13.6. The maximum atomic E-state index is 13.7. The number of amides is 1. The second-order valence-corrected chi connectivity index (χ2v) is 7.21. The molecule has 1 aromatic heterocycles. The third-order valence-electron chi connectivity index (χ3n) is 4.69. The van der Waals surface area contributed by atoms with Gasteiger partial charge in [0.15, 0.2) is 5.69 Å². The average Bonchev–Trinajstić information content (AvgIpc) is 3.09. The van der Waals surface area contributed by atoms with Crippen LogP contribution < -0.4 is 5.32 Å². The fraction of sp³-hybridized carbons (Fsp3) is 0.389. The summed E-state index contributed by atoms with van der Waals surface area (Å²) < 4.78 is 13.7. The summed E-state index contributed by atoms with van der Waals surface area (Å²) in [5.41, 5.74) is -0.0467. The van der Waals surface area contributed by atoms with Crippen LogP contribution in [0.3, 0.4) is 0 Å². The second kappa shape index (κ2) is 7.31. The van der Waals surface area contributed by atoms with Gasteiger partial charge < -0.3 is 10.4 Å². The van der Waals surface area contributed by atoms with E-state index in [1.54, 1.807) is 12.1 Å². The molecular weight excluding hydrogens is 343 g/mol. The Hall–Kier alpha value is -2.28. The molecule has 0 spiro atoms. The number of carbonyl (C=O) groups is 2. The highest BCUT2D eigenvalue weighted by molar-refractivity contribution is 7.09. The Labute approximate surface area is 148 Å². The van der Waals surface area contributed by atoms with E-state index in [1.807, 2.05) is 0 Å². The largest absolute Gasteiger partial charge is 0.476 e. The van der Waals surface area contributed by atoms with E-state index in [-0.39, 0.29) is 24.0 Å². The second-order valence-electron chi connectivity index (χ2n) is 6.27. The summed E-state index contributed by atoms with van der Waals surface area (Å²) in [7, 11) is 0. The van der Waals surface area contributed by atoms with Gasteiger partial charge in [0.1, 0.15) is 10.8 Å². The van der Waals surface area contributed by atoms with Crippen LogP contribution in [-0.4, -0.2) is 22.0 Å². The van der Waals surface area contributed by atoms with Gasteiger partial charge in [-0.25, -0.2) is 14.2 Å². The average molecular weight is 362 g/mol. The summed E-state index contributed by atoms with van der Waals surface area (Å²) in [5, 5.41) is 13.8. The molecule has 1 aliphatic rings. The molecule has 0 bridgehead atoms. The van der Waals surface area contributed by atoms with Gasteiger partial charge in [-0.05, 0) is 30.5 Å². The number of benzene rings is 1. The van der Waals surface area contributed by atoms with E-state index in [2.05, 4.69) is 10.3 Å². The Bertz CT molecular complexity index is 784. The lowest BCUT2D eigenvalue weighted by molar-refractivity contribution is -0.128. The first-order chi connectivity index (χ1) is 12.0. The number of hydrogen-bond acceptors (Lipinski definition) is 4. The van der Waals surface area contributed by atoms with Crippen molar-refractivity contribution in [2.75, 3.05) is 0 Å². The molecule has 25 heavy (non-hydrogen) atoms. The molecule has 2 N–H and O–H groups in total. The predicted molar refractivity (Wildman–Crippen MR) is 92.1 cm³/mol. The molecule has 2 aromatic rings. The molecule has 5 nitrogen and oxygen atoms in total. The number of nitrogens with zero attached hydrogens (tertiary/aromatic N) is 1.